The summed E-state index contributed by atoms with van der Waals surface area (Å²) in [5.41, 5.74) is 8.71. The van der Waals surface area contributed by atoms with E-state index < -0.39 is 7.12 Å². The lowest BCUT2D eigenvalue weighted by atomic mass is 9.53. The van der Waals surface area contributed by atoms with Crippen molar-refractivity contribution < 1.29 is 14.7 Å². The molecule has 0 atom stereocenters. The van der Waals surface area contributed by atoms with E-state index in [0.717, 1.165) is 56.7 Å². The molecule has 0 amide bonds. The fourth-order valence-electron chi connectivity index (χ4n) is 5.05. The van der Waals surface area contributed by atoms with Crippen LogP contribution >= 0.6 is 22.7 Å². The molecular weight excluding hydrogens is 482 g/mol. The van der Waals surface area contributed by atoms with Crippen LogP contribution in [0.4, 0.5) is 0 Å². The Morgan fingerprint density at radius 2 is 1.53 bits per heavy atom. The molecule has 2 aliphatic rings. The van der Waals surface area contributed by atoms with E-state index in [2.05, 4.69) is 70.7 Å². The Balaban J connectivity index is 0.000000148. The van der Waals surface area contributed by atoms with Crippen molar-refractivity contribution in [1.82, 2.24) is 0 Å². The van der Waals surface area contributed by atoms with Crippen LogP contribution in [0.25, 0.3) is 0 Å². The highest BCUT2D eigenvalue weighted by Gasteiger charge is 2.24. The Kier molecular flexibility index (Phi) is 8.78. The Morgan fingerprint density at radius 1 is 0.778 bits per heavy atom. The first-order valence-electron chi connectivity index (χ1n) is 12.9. The summed E-state index contributed by atoms with van der Waals surface area (Å²) in [6, 6.07) is 19.5. The molecule has 4 aromatic rings. The standard InChI is InChI=1S/C15H17BOS.C14H15BO2S/c17-16-8-1-2-14-6-5-12(10-15(14)16)3-4-13-7-9-18-11-13;16-15-14-10-11(3-5-12(14)7-8-17-15)4-6-13-2-1-9-18-13/h5-7,9-11,17H,1-4,8H2;1-3,5,9-10,16H,4,6-8H2. The van der Waals surface area contributed by atoms with Crippen molar-refractivity contribution in [2.45, 2.75) is 51.3 Å². The second-order valence-electron chi connectivity index (χ2n) is 9.66. The maximum Gasteiger partial charge on any atom is 0.491 e. The summed E-state index contributed by atoms with van der Waals surface area (Å²) in [6.45, 7) is 0.373. The summed E-state index contributed by atoms with van der Waals surface area (Å²) in [7, 11) is -0.740. The van der Waals surface area contributed by atoms with Crippen molar-refractivity contribution >= 4 is 47.6 Å². The summed E-state index contributed by atoms with van der Waals surface area (Å²) >= 11 is 3.56. The lowest BCUT2D eigenvalue weighted by Gasteiger charge is -2.19. The predicted molar refractivity (Wildman–Crippen MR) is 154 cm³/mol. The molecule has 36 heavy (non-hydrogen) atoms. The molecule has 0 aliphatic carbocycles. The zero-order valence-corrected chi connectivity index (χ0v) is 22.2. The van der Waals surface area contributed by atoms with Crippen molar-refractivity contribution in [3.63, 3.8) is 0 Å². The molecule has 2 N–H and O–H groups in total. The smallest absolute Gasteiger partial charge is 0.446 e. The van der Waals surface area contributed by atoms with Crippen LogP contribution in [0.15, 0.2) is 70.7 Å². The number of hydrogen-bond donors (Lipinski definition) is 2. The molecular formula is C29H32B2O3S2. The number of benzene rings is 2. The largest absolute Gasteiger partial charge is 0.491 e. The van der Waals surface area contributed by atoms with Gasteiger partial charge < -0.3 is 14.7 Å². The molecule has 2 aromatic heterocycles. The van der Waals surface area contributed by atoms with Gasteiger partial charge in [-0.3, -0.25) is 0 Å². The maximum absolute atomic E-state index is 10.0. The Bertz CT molecular complexity index is 1140. The van der Waals surface area contributed by atoms with Gasteiger partial charge in [0.25, 0.3) is 0 Å². The molecule has 0 unspecified atom stereocenters. The van der Waals surface area contributed by atoms with Crippen LogP contribution in [0.3, 0.4) is 0 Å². The van der Waals surface area contributed by atoms with Gasteiger partial charge in [-0.2, -0.15) is 11.3 Å². The monoisotopic (exact) mass is 514 g/mol. The van der Waals surface area contributed by atoms with Crippen molar-refractivity contribution in [3.05, 3.63) is 103 Å². The number of fused-ring (bicyclic) bond motifs is 2. The topological polar surface area (TPSA) is 49.7 Å². The van der Waals surface area contributed by atoms with Gasteiger partial charge in [-0.1, -0.05) is 54.4 Å². The molecule has 0 fully saturated rings. The van der Waals surface area contributed by atoms with Crippen molar-refractivity contribution in [3.8, 4) is 0 Å². The second kappa shape index (κ2) is 12.4. The first kappa shape index (κ1) is 25.5. The summed E-state index contributed by atoms with van der Waals surface area (Å²) in [6.07, 6.45) is 8.29. The van der Waals surface area contributed by atoms with Crippen LogP contribution in [0.2, 0.25) is 6.32 Å². The van der Waals surface area contributed by atoms with E-state index in [0.29, 0.717) is 6.61 Å². The van der Waals surface area contributed by atoms with Gasteiger partial charge in [0.2, 0.25) is 0 Å². The van der Waals surface area contributed by atoms with Crippen LogP contribution in [-0.2, 0) is 43.2 Å². The summed E-state index contributed by atoms with van der Waals surface area (Å²) in [5.74, 6) is 0. The van der Waals surface area contributed by atoms with E-state index in [-0.39, 0.29) is 6.92 Å². The van der Waals surface area contributed by atoms with E-state index in [4.69, 9.17) is 4.65 Å². The van der Waals surface area contributed by atoms with Crippen LogP contribution in [0.1, 0.15) is 39.1 Å². The Morgan fingerprint density at radius 3 is 2.28 bits per heavy atom. The Labute approximate surface area is 223 Å². The van der Waals surface area contributed by atoms with Crippen LogP contribution in [0.5, 0.6) is 0 Å². The SMILES string of the molecule is OB1CCCc2ccc(CCc3ccsc3)cc21.OB1OCCc2ccc(CCc3cccs3)cc21. The Hall–Kier alpha value is -2.15. The van der Waals surface area contributed by atoms with Gasteiger partial charge in [-0.15, -0.1) is 11.3 Å². The van der Waals surface area contributed by atoms with Crippen LogP contribution in [-0.4, -0.2) is 30.7 Å². The molecule has 2 aromatic carbocycles. The molecule has 0 saturated heterocycles. The highest BCUT2D eigenvalue weighted by Crippen LogP contribution is 2.17. The zero-order valence-electron chi connectivity index (χ0n) is 20.6. The van der Waals surface area contributed by atoms with Gasteiger partial charge in [0, 0.05) is 11.5 Å². The average molecular weight is 514 g/mol. The van der Waals surface area contributed by atoms with E-state index in [1.807, 2.05) is 0 Å². The highest BCUT2D eigenvalue weighted by atomic mass is 32.1. The summed E-state index contributed by atoms with van der Waals surface area (Å²) in [5, 5.41) is 26.3. The number of hydrogen-bond acceptors (Lipinski definition) is 5. The third-order valence-corrected chi connectivity index (χ3v) is 8.81. The minimum atomic E-state index is -0.740. The normalized spacial score (nSPS) is 14.6. The van der Waals surface area contributed by atoms with Crippen molar-refractivity contribution in [2.75, 3.05) is 6.61 Å². The van der Waals surface area contributed by atoms with Crippen LogP contribution < -0.4 is 10.9 Å². The van der Waals surface area contributed by atoms with Gasteiger partial charge in [-0.05, 0) is 106 Å². The second-order valence-corrected chi connectivity index (χ2v) is 11.5. The predicted octanol–water partition coefficient (Wildman–Crippen LogP) is 4.46. The molecule has 7 heteroatoms. The summed E-state index contributed by atoms with van der Waals surface area (Å²) < 4.78 is 5.27. The lowest BCUT2D eigenvalue weighted by Crippen LogP contribution is -2.41. The van der Waals surface area contributed by atoms with Crippen molar-refractivity contribution in [2.24, 2.45) is 0 Å². The van der Waals surface area contributed by atoms with Crippen molar-refractivity contribution in [1.29, 1.82) is 0 Å². The fourth-order valence-corrected chi connectivity index (χ4v) is 6.46. The number of rotatable bonds is 6. The first-order valence-corrected chi connectivity index (χ1v) is 14.7. The third kappa shape index (κ3) is 6.58. The van der Waals surface area contributed by atoms with E-state index in [1.165, 1.54) is 38.2 Å². The molecule has 4 heterocycles. The lowest BCUT2D eigenvalue weighted by molar-refractivity contribution is 0.266. The highest BCUT2D eigenvalue weighted by molar-refractivity contribution is 7.09. The number of aryl methyl sites for hydroxylation is 5. The van der Waals surface area contributed by atoms with E-state index in [9.17, 15) is 10.0 Å². The fraction of sp³-hybridized carbons (Fsp3) is 0.310. The quantitative estimate of drug-likeness (QED) is 0.374. The third-order valence-electron chi connectivity index (χ3n) is 7.14. The van der Waals surface area contributed by atoms with E-state index in [1.54, 1.807) is 22.7 Å². The minimum absolute atomic E-state index is 0.241. The van der Waals surface area contributed by atoms with Gasteiger partial charge in [0.05, 0.1) is 0 Å². The molecule has 0 saturated carbocycles. The molecule has 0 radical (unpaired) electrons. The van der Waals surface area contributed by atoms with E-state index >= 15 is 0 Å². The molecule has 2 aliphatic heterocycles. The van der Waals surface area contributed by atoms with Gasteiger partial charge >= 0.3 is 14.0 Å². The molecule has 6 rings (SSSR count). The number of thiophene rings is 2. The molecule has 0 spiro atoms. The van der Waals surface area contributed by atoms with Crippen LogP contribution in [0, 0.1) is 0 Å². The maximum atomic E-state index is 10.0. The summed E-state index contributed by atoms with van der Waals surface area (Å²) in [4.78, 5) is 1.41. The van der Waals surface area contributed by atoms with Gasteiger partial charge in [0.1, 0.15) is 0 Å². The molecule has 184 valence electrons. The molecule has 0 bridgehead atoms. The average Bonchev–Trinajstić information content (AvgIpc) is 3.62. The zero-order chi connectivity index (χ0) is 24.7. The van der Waals surface area contributed by atoms with Gasteiger partial charge in [0.15, 0.2) is 0 Å². The van der Waals surface area contributed by atoms with Gasteiger partial charge in [-0.25, -0.2) is 0 Å². The minimum Gasteiger partial charge on any atom is -0.446 e. The first-order chi connectivity index (χ1) is 17.7. The molecule has 3 nitrogen and oxygen atoms in total.